The molecule has 1 aromatic heterocycles. The van der Waals surface area contributed by atoms with Crippen molar-refractivity contribution in [3.8, 4) is 17.1 Å². The van der Waals surface area contributed by atoms with Crippen LogP contribution in [0.5, 0.6) is 5.75 Å². The van der Waals surface area contributed by atoms with Crippen LogP contribution >= 0.6 is 11.8 Å². The lowest BCUT2D eigenvalue weighted by molar-refractivity contribution is -0.137. The van der Waals surface area contributed by atoms with Crippen molar-refractivity contribution in [2.24, 2.45) is 0 Å². The van der Waals surface area contributed by atoms with E-state index in [4.69, 9.17) is 4.42 Å². The summed E-state index contributed by atoms with van der Waals surface area (Å²) in [6, 6.07) is 12.2. The molecule has 0 aliphatic heterocycles. The number of aryl methyl sites for hydroxylation is 2. The van der Waals surface area contributed by atoms with Crippen LogP contribution < -0.4 is 0 Å². The number of phenolic OH excluding ortho intramolecular Hbond substituents is 1. The second-order valence-corrected chi connectivity index (χ2v) is 7.08. The predicted octanol–water partition coefficient (Wildman–Crippen LogP) is 6.58. The first-order valence-electron chi connectivity index (χ1n) is 7.93. The van der Waals surface area contributed by atoms with Crippen molar-refractivity contribution in [1.29, 1.82) is 0 Å². The standard InChI is InChI=1S/C20H17F3O2S/c1-12-9-16(7-8-17(12)24)26-11-19-13(2)10-18(25-19)14-3-5-15(6-4-14)20(21,22)23/h3-10,24H,11H2,1-2H3. The minimum absolute atomic E-state index is 0.258. The minimum atomic E-state index is -4.35. The van der Waals surface area contributed by atoms with Crippen LogP contribution in [0.3, 0.4) is 0 Å². The van der Waals surface area contributed by atoms with Gasteiger partial charge in [0.15, 0.2) is 0 Å². The first kappa shape index (κ1) is 18.5. The SMILES string of the molecule is Cc1cc(SCc2oc(-c3ccc(C(F)(F)F)cc3)cc2C)ccc1O. The zero-order chi connectivity index (χ0) is 18.9. The molecule has 1 N–H and O–H groups in total. The Balaban J connectivity index is 1.75. The summed E-state index contributed by atoms with van der Waals surface area (Å²) in [6.07, 6.45) is -4.35. The lowest BCUT2D eigenvalue weighted by atomic mass is 10.1. The van der Waals surface area contributed by atoms with Gasteiger partial charge in [0.25, 0.3) is 0 Å². The molecule has 0 saturated carbocycles. The quantitative estimate of drug-likeness (QED) is 0.521. The number of hydrogen-bond acceptors (Lipinski definition) is 3. The van der Waals surface area contributed by atoms with Crippen molar-refractivity contribution in [3.63, 3.8) is 0 Å². The highest BCUT2D eigenvalue weighted by atomic mass is 32.2. The maximum atomic E-state index is 12.7. The van der Waals surface area contributed by atoms with Crippen molar-refractivity contribution < 1.29 is 22.7 Å². The molecule has 3 aromatic rings. The molecule has 136 valence electrons. The first-order valence-corrected chi connectivity index (χ1v) is 8.92. The normalized spacial score (nSPS) is 11.7. The average molecular weight is 378 g/mol. The summed E-state index contributed by atoms with van der Waals surface area (Å²) in [5.41, 5.74) is 1.68. The third-order valence-electron chi connectivity index (χ3n) is 4.06. The second kappa shape index (κ2) is 7.11. The van der Waals surface area contributed by atoms with Crippen molar-refractivity contribution in [3.05, 3.63) is 71.0 Å². The van der Waals surface area contributed by atoms with E-state index in [1.165, 1.54) is 12.1 Å². The van der Waals surface area contributed by atoms with Gasteiger partial charge in [0.1, 0.15) is 17.3 Å². The van der Waals surface area contributed by atoms with Gasteiger partial charge < -0.3 is 9.52 Å². The van der Waals surface area contributed by atoms with Crippen molar-refractivity contribution in [2.75, 3.05) is 0 Å². The third kappa shape index (κ3) is 4.07. The van der Waals surface area contributed by atoms with Gasteiger partial charge >= 0.3 is 6.18 Å². The number of furan rings is 1. The summed E-state index contributed by atoms with van der Waals surface area (Å²) in [6.45, 7) is 3.75. The number of aromatic hydroxyl groups is 1. The summed E-state index contributed by atoms with van der Waals surface area (Å²) < 4.78 is 43.8. The number of thioether (sulfide) groups is 1. The van der Waals surface area contributed by atoms with Crippen LogP contribution in [0.4, 0.5) is 13.2 Å². The summed E-state index contributed by atoms with van der Waals surface area (Å²) >= 11 is 1.57. The topological polar surface area (TPSA) is 33.4 Å². The molecule has 0 aliphatic carbocycles. The summed E-state index contributed by atoms with van der Waals surface area (Å²) in [4.78, 5) is 1.01. The van der Waals surface area contributed by atoms with E-state index in [0.29, 0.717) is 17.1 Å². The molecule has 1 heterocycles. The van der Waals surface area contributed by atoms with Crippen LogP contribution in [0.15, 0.2) is 57.8 Å². The first-order chi connectivity index (χ1) is 12.2. The number of phenols is 1. The van der Waals surface area contributed by atoms with E-state index in [0.717, 1.165) is 33.9 Å². The van der Waals surface area contributed by atoms with Crippen LogP contribution in [-0.2, 0) is 11.9 Å². The van der Waals surface area contributed by atoms with Crippen LogP contribution in [0.1, 0.15) is 22.5 Å². The zero-order valence-electron chi connectivity index (χ0n) is 14.2. The molecular formula is C20H17F3O2S. The maximum Gasteiger partial charge on any atom is 0.416 e. The molecule has 3 rings (SSSR count). The Morgan fingerprint density at radius 2 is 1.65 bits per heavy atom. The highest BCUT2D eigenvalue weighted by Gasteiger charge is 2.30. The van der Waals surface area contributed by atoms with Crippen molar-refractivity contribution in [1.82, 2.24) is 0 Å². The van der Waals surface area contributed by atoms with E-state index < -0.39 is 11.7 Å². The molecule has 6 heteroatoms. The van der Waals surface area contributed by atoms with Crippen LogP contribution in [-0.4, -0.2) is 5.11 Å². The smallest absolute Gasteiger partial charge is 0.416 e. The molecule has 0 fully saturated rings. The number of rotatable bonds is 4. The van der Waals surface area contributed by atoms with Crippen LogP contribution in [0, 0.1) is 13.8 Å². The third-order valence-corrected chi connectivity index (χ3v) is 5.05. The van der Waals surface area contributed by atoms with Gasteiger partial charge in [0, 0.05) is 10.5 Å². The van der Waals surface area contributed by atoms with E-state index >= 15 is 0 Å². The molecule has 2 nitrogen and oxygen atoms in total. The zero-order valence-corrected chi connectivity index (χ0v) is 15.0. The Bertz CT molecular complexity index is 912. The van der Waals surface area contributed by atoms with E-state index in [1.807, 2.05) is 32.0 Å². The summed E-state index contributed by atoms with van der Waals surface area (Å²) in [5.74, 6) is 2.17. The minimum Gasteiger partial charge on any atom is -0.508 e. The van der Waals surface area contributed by atoms with Gasteiger partial charge in [-0.1, -0.05) is 12.1 Å². The van der Waals surface area contributed by atoms with Crippen molar-refractivity contribution >= 4 is 11.8 Å². The second-order valence-electron chi connectivity index (χ2n) is 6.03. The van der Waals surface area contributed by atoms with Gasteiger partial charge in [0.05, 0.1) is 11.3 Å². The molecule has 0 saturated heterocycles. The molecule has 0 atom stereocenters. The fourth-order valence-electron chi connectivity index (χ4n) is 2.50. The molecule has 0 spiro atoms. The summed E-state index contributed by atoms with van der Waals surface area (Å²) in [5, 5.41) is 9.57. The average Bonchev–Trinajstić information content (AvgIpc) is 2.96. The Morgan fingerprint density at radius 1 is 0.962 bits per heavy atom. The molecule has 0 aliphatic rings. The fourth-order valence-corrected chi connectivity index (χ4v) is 3.50. The maximum absolute atomic E-state index is 12.7. The van der Waals surface area contributed by atoms with Gasteiger partial charge in [-0.15, -0.1) is 11.8 Å². The molecule has 2 aromatic carbocycles. The Labute approximate surface area is 153 Å². The molecular weight excluding hydrogens is 361 g/mol. The van der Waals surface area contributed by atoms with Gasteiger partial charge in [-0.05, 0) is 61.4 Å². The molecule has 26 heavy (non-hydrogen) atoms. The highest BCUT2D eigenvalue weighted by Crippen LogP contribution is 2.34. The van der Waals surface area contributed by atoms with E-state index in [2.05, 4.69) is 0 Å². The molecule has 0 radical (unpaired) electrons. The van der Waals surface area contributed by atoms with Gasteiger partial charge in [-0.25, -0.2) is 0 Å². The van der Waals surface area contributed by atoms with Gasteiger partial charge in [-0.2, -0.15) is 13.2 Å². The Hall–Kier alpha value is -2.34. The lowest BCUT2D eigenvalue weighted by Gasteiger charge is -2.06. The lowest BCUT2D eigenvalue weighted by Crippen LogP contribution is -2.03. The van der Waals surface area contributed by atoms with Crippen LogP contribution in [0.25, 0.3) is 11.3 Å². The number of halogens is 3. The van der Waals surface area contributed by atoms with E-state index in [-0.39, 0.29) is 5.75 Å². The molecule has 0 bridgehead atoms. The number of alkyl halides is 3. The van der Waals surface area contributed by atoms with Gasteiger partial charge in [-0.3, -0.25) is 0 Å². The van der Waals surface area contributed by atoms with E-state index in [9.17, 15) is 18.3 Å². The Morgan fingerprint density at radius 3 is 2.27 bits per heavy atom. The molecule has 0 unspecified atom stereocenters. The Kier molecular flexibility index (Phi) is 5.05. The van der Waals surface area contributed by atoms with Crippen LogP contribution in [0.2, 0.25) is 0 Å². The number of benzene rings is 2. The van der Waals surface area contributed by atoms with Gasteiger partial charge in [0.2, 0.25) is 0 Å². The molecule has 0 amide bonds. The number of hydrogen-bond donors (Lipinski definition) is 1. The predicted molar refractivity (Wildman–Crippen MR) is 96.3 cm³/mol. The highest BCUT2D eigenvalue weighted by molar-refractivity contribution is 7.98. The summed E-state index contributed by atoms with van der Waals surface area (Å²) in [7, 11) is 0. The largest absolute Gasteiger partial charge is 0.508 e. The van der Waals surface area contributed by atoms with Crippen molar-refractivity contribution in [2.45, 2.75) is 30.7 Å². The fraction of sp³-hybridized carbons (Fsp3) is 0.200. The van der Waals surface area contributed by atoms with E-state index in [1.54, 1.807) is 17.8 Å². The monoisotopic (exact) mass is 378 g/mol.